The minimum atomic E-state index is 0.429. The smallest absolute Gasteiger partial charge is 0.132 e. The Morgan fingerprint density at radius 2 is 2.22 bits per heavy atom. The summed E-state index contributed by atoms with van der Waals surface area (Å²) < 4.78 is 0. The van der Waals surface area contributed by atoms with Crippen LogP contribution in [-0.2, 0) is 0 Å². The number of nitrogens with two attached hydrogens (primary N) is 1. The van der Waals surface area contributed by atoms with Crippen molar-refractivity contribution in [2.45, 2.75) is 6.92 Å². The van der Waals surface area contributed by atoms with Gasteiger partial charge in [-0.25, -0.2) is 10.8 Å². The molecule has 0 aromatic carbocycles. The maximum atomic E-state index is 4.97. The molecule has 0 aliphatic carbocycles. The summed E-state index contributed by atoms with van der Waals surface area (Å²) in [4.78, 5) is 3.79. The van der Waals surface area contributed by atoms with Gasteiger partial charge in [0.25, 0.3) is 0 Å². The fourth-order valence-electron chi connectivity index (χ4n) is 0.225. The van der Waals surface area contributed by atoms with Crippen LogP contribution in [0.25, 0.3) is 0 Å². The molecule has 0 rings (SSSR count). The van der Waals surface area contributed by atoms with Crippen LogP contribution in [-0.4, -0.2) is 6.21 Å². The summed E-state index contributed by atoms with van der Waals surface area (Å²) in [6.45, 7) is 8.91. The second-order valence-corrected chi connectivity index (χ2v) is 1.70. The molecule has 0 spiro atoms. The van der Waals surface area contributed by atoms with Gasteiger partial charge in [-0.3, -0.25) is 0 Å². The average molecular weight is 125 g/mol. The molecule has 0 fully saturated rings. The summed E-state index contributed by atoms with van der Waals surface area (Å²) in [6.07, 6.45) is 1.59. The van der Waals surface area contributed by atoms with Gasteiger partial charge in [-0.1, -0.05) is 13.2 Å². The highest BCUT2D eigenvalue weighted by Crippen LogP contribution is 1.84. The lowest BCUT2D eigenvalue weighted by atomic mass is 10.4. The Kier molecular flexibility index (Phi) is 3.39. The molecule has 0 radical (unpaired) electrons. The van der Waals surface area contributed by atoms with Crippen molar-refractivity contribution < 1.29 is 0 Å². The fourth-order valence-corrected chi connectivity index (χ4v) is 0.225. The molecule has 0 aliphatic rings. The SMILES string of the molecule is C=C(C)/C=N\C(=C)NN. The Balaban J connectivity index is 3.71. The van der Waals surface area contributed by atoms with Crippen molar-refractivity contribution in [3.05, 3.63) is 24.6 Å². The minimum absolute atomic E-state index is 0.429. The highest BCUT2D eigenvalue weighted by molar-refractivity contribution is 5.77. The van der Waals surface area contributed by atoms with Crippen molar-refractivity contribution >= 4 is 6.21 Å². The van der Waals surface area contributed by atoms with Gasteiger partial charge < -0.3 is 5.43 Å². The highest BCUT2D eigenvalue weighted by atomic mass is 15.3. The topological polar surface area (TPSA) is 50.4 Å². The van der Waals surface area contributed by atoms with E-state index >= 15 is 0 Å². The predicted octanol–water partition coefficient (Wildman–Crippen LogP) is 0.568. The number of nitrogens with one attached hydrogen (secondary N) is 1. The lowest BCUT2D eigenvalue weighted by Crippen LogP contribution is -2.18. The van der Waals surface area contributed by atoms with Crippen LogP contribution in [0.3, 0.4) is 0 Å². The highest BCUT2D eigenvalue weighted by Gasteiger charge is 1.78. The number of hydrogen-bond donors (Lipinski definition) is 2. The molecule has 0 saturated heterocycles. The summed E-state index contributed by atoms with van der Waals surface area (Å²) in [5.41, 5.74) is 3.15. The molecule has 0 aromatic heterocycles. The maximum Gasteiger partial charge on any atom is 0.132 e. The van der Waals surface area contributed by atoms with Crippen molar-refractivity contribution in [1.82, 2.24) is 5.43 Å². The summed E-state index contributed by atoms with van der Waals surface area (Å²) in [7, 11) is 0. The number of aliphatic imine (C=N–C) groups is 1. The van der Waals surface area contributed by atoms with Crippen molar-refractivity contribution in [2.24, 2.45) is 10.8 Å². The van der Waals surface area contributed by atoms with Crippen molar-refractivity contribution in [1.29, 1.82) is 0 Å². The summed E-state index contributed by atoms with van der Waals surface area (Å²) in [6, 6.07) is 0. The van der Waals surface area contributed by atoms with Crippen LogP contribution in [0.4, 0.5) is 0 Å². The summed E-state index contributed by atoms with van der Waals surface area (Å²) in [5, 5.41) is 0. The third-order valence-electron chi connectivity index (χ3n) is 0.607. The molecule has 0 amide bonds. The van der Waals surface area contributed by atoms with Crippen LogP contribution in [0.15, 0.2) is 29.5 Å². The van der Waals surface area contributed by atoms with Crippen LogP contribution in [0.1, 0.15) is 6.92 Å². The van der Waals surface area contributed by atoms with Gasteiger partial charge in [-0.15, -0.1) is 0 Å². The van der Waals surface area contributed by atoms with E-state index in [0.717, 1.165) is 5.57 Å². The normalized spacial score (nSPS) is 9.56. The molecule has 3 N–H and O–H groups in total. The fraction of sp³-hybridized carbons (Fsp3) is 0.167. The lowest BCUT2D eigenvalue weighted by molar-refractivity contribution is 0.877. The molecular formula is C6H11N3. The van der Waals surface area contributed by atoms with Crippen molar-refractivity contribution in [3.8, 4) is 0 Å². The summed E-state index contributed by atoms with van der Waals surface area (Å²) in [5.74, 6) is 5.39. The van der Waals surface area contributed by atoms with E-state index in [1.165, 1.54) is 0 Å². The van der Waals surface area contributed by atoms with E-state index in [0.29, 0.717) is 5.82 Å². The van der Waals surface area contributed by atoms with Gasteiger partial charge in [0, 0.05) is 6.21 Å². The van der Waals surface area contributed by atoms with Gasteiger partial charge >= 0.3 is 0 Å². The van der Waals surface area contributed by atoms with Crippen molar-refractivity contribution in [2.75, 3.05) is 0 Å². The van der Waals surface area contributed by atoms with Gasteiger partial charge in [0.05, 0.1) is 0 Å². The molecule has 0 atom stereocenters. The first-order valence-corrected chi connectivity index (χ1v) is 2.52. The van der Waals surface area contributed by atoms with Gasteiger partial charge in [-0.05, 0) is 12.5 Å². The van der Waals surface area contributed by atoms with Gasteiger partial charge in [0.1, 0.15) is 5.82 Å². The predicted molar refractivity (Wildman–Crippen MR) is 39.8 cm³/mol. The molecule has 50 valence electrons. The van der Waals surface area contributed by atoms with Crippen LogP contribution in [0.5, 0.6) is 0 Å². The van der Waals surface area contributed by atoms with Crippen LogP contribution < -0.4 is 11.3 Å². The monoisotopic (exact) mass is 125 g/mol. The zero-order valence-electron chi connectivity index (χ0n) is 5.52. The molecule has 0 unspecified atom stereocenters. The maximum absolute atomic E-state index is 4.97. The molecule has 0 aromatic rings. The Hall–Kier alpha value is -1.09. The first-order chi connectivity index (χ1) is 4.16. The molecule has 0 bridgehead atoms. The average Bonchev–Trinajstić information content (AvgIpc) is 1.83. The van der Waals surface area contributed by atoms with E-state index in [2.05, 4.69) is 23.6 Å². The zero-order chi connectivity index (χ0) is 7.28. The van der Waals surface area contributed by atoms with Gasteiger partial charge in [0.15, 0.2) is 0 Å². The van der Waals surface area contributed by atoms with Crippen LogP contribution in [0, 0.1) is 0 Å². The van der Waals surface area contributed by atoms with E-state index in [1.807, 2.05) is 6.92 Å². The van der Waals surface area contributed by atoms with E-state index < -0.39 is 0 Å². The summed E-state index contributed by atoms with van der Waals surface area (Å²) >= 11 is 0. The van der Waals surface area contributed by atoms with Gasteiger partial charge in [0.2, 0.25) is 0 Å². The number of nitrogens with zero attached hydrogens (tertiary/aromatic N) is 1. The standard InChI is InChI=1S/C6H11N3/c1-5(2)4-8-6(3)9-7/h4,9H,1,3,7H2,2H3/b8-4-. The molecule has 0 saturated carbocycles. The second-order valence-electron chi connectivity index (χ2n) is 1.70. The third-order valence-corrected chi connectivity index (χ3v) is 0.607. The molecule has 0 aliphatic heterocycles. The van der Waals surface area contributed by atoms with E-state index in [-0.39, 0.29) is 0 Å². The number of allylic oxidation sites excluding steroid dienone is 1. The Bertz CT molecular complexity index is 146. The molecule has 3 nitrogen and oxygen atoms in total. The van der Waals surface area contributed by atoms with E-state index in [4.69, 9.17) is 5.84 Å². The Labute approximate surface area is 54.9 Å². The van der Waals surface area contributed by atoms with Crippen LogP contribution in [0.2, 0.25) is 0 Å². The molecular weight excluding hydrogens is 114 g/mol. The zero-order valence-corrected chi connectivity index (χ0v) is 5.52. The first kappa shape index (κ1) is 7.91. The van der Waals surface area contributed by atoms with E-state index in [9.17, 15) is 0 Å². The second kappa shape index (κ2) is 3.86. The van der Waals surface area contributed by atoms with Gasteiger partial charge in [-0.2, -0.15) is 0 Å². The largest absolute Gasteiger partial charge is 0.309 e. The first-order valence-electron chi connectivity index (χ1n) is 2.52. The molecule has 0 heterocycles. The number of hydrogen-bond acceptors (Lipinski definition) is 3. The number of hydrazine groups is 1. The van der Waals surface area contributed by atoms with Crippen molar-refractivity contribution in [3.63, 3.8) is 0 Å². The number of rotatable bonds is 3. The van der Waals surface area contributed by atoms with E-state index in [1.54, 1.807) is 6.21 Å². The Morgan fingerprint density at radius 3 is 2.56 bits per heavy atom. The third kappa shape index (κ3) is 4.77. The quantitative estimate of drug-likeness (QED) is 0.329. The van der Waals surface area contributed by atoms with Crippen LogP contribution >= 0.6 is 0 Å². The minimum Gasteiger partial charge on any atom is -0.309 e. The lowest BCUT2D eigenvalue weighted by Gasteiger charge is -1.93. The molecule has 9 heavy (non-hydrogen) atoms. The Morgan fingerprint density at radius 1 is 1.67 bits per heavy atom. The molecule has 3 heteroatoms.